The molecule has 13 heavy (non-hydrogen) atoms. The molecule has 0 bridgehead atoms. The molecule has 0 N–H and O–H groups in total. The smallest absolute Gasteiger partial charge is 0.185 e. The van der Waals surface area contributed by atoms with E-state index in [1.54, 1.807) is 0 Å². The number of hydrogen-bond donors (Lipinski definition) is 0. The van der Waals surface area contributed by atoms with Crippen molar-refractivity contribution in [1.82, 2.24) is 19.7 Å². The van der Waals surface area contributed by atoms with Gasteiger partial charge < -0.3 is 0 Å². The highest BCUT2D eigenvalue weighted by Gasteiger charge is 2.07. The molecule has 2 rings (SSSR count). The Labute approximate surface area is 80.6 Å². The number of aromatic nitrogens is 4. The Hall–Kier alpha value is -1.16. The van der Waals surface area contributed by atoms with Crippen molar-refractivity contribution in [3.8, 4) is 0 Å². The summed E-state index contributed by atoms with van der Waals surface area (Å²) in [5.41, 5.74) is 0.647. The number of rotatable bonds is 1. The molecule has 0 atom stereocenters. The van der Waals surface area contributed by atoms with Crippen LogP contribution >= 0.6 is 11.6 Å². The second kappa shape index (κ2) is 2.96. The van der Waals surface area contributed by atoms with E-state index in [2.05, 4.69) is 15.1 Å². The number of fused-ring (bicyclic) bond motifs is 1. The second-order valence-electron chi connectivity index (χ2n) is 3.10. The van der Waals surface area contributed by atoms with Crippen molar-refractivity contribution < 1.29 is 0 Å². The summed E-state index contributed by atoms with van der Waals surface area (Å²) in [5, 5.41) is 5.51. The van der Waals surface area contributed by atoms with Gasteiger partial charge in [0.1, 0.15) is 11.5 Å². The van der Waals surface area contributed by atoms with Crippen LogP contribution in [0.1, 0.15) is 19.9 Å². The highest BCUT2D eigenvalue weighted by Crippen LogP contribution is 2.18. The molecule has 0 aliphatic carbocycles. The standard InChI is InChI=1S/C8H9ClN4/c1-5(2)13-3-6-7(9)10-4-11-8(6)12-13/h3-5H,1-2H3. The van der Waals surface area contributed by atoms with Crippen LogP contribution in [-0.4, -0.2) is 19.7 Å². The molecule has 0 amide bonds. The van der Waals surface area contributed by atoms with Crippen molar-refractivity contribution >= 4 is 22.6 Å². The summed E-state index contributed by atoms with van der Waals surface area (Å²) in [5.74, 6) is 0. The fraction of sp³-hybridized carbons (Fsp3) is 0.375. The van der Waals surface area contributed by atoms with Crippen LogP contribution in [0.2, 0.25) is 5.15 Å². The molecule has 2 aromatic rings. The molecule has 0 saturated carbocycles. The van der Waals surface area contributed by atoms with Gasteiger partial charge in [-0.3, -0.25) is 4.68 Å². The first-order chi connectivity index (χ1) is 6.18. The Kier molecular flexibility index (Phi) is 1.92. The van der Waals surface area contributed by atoms with Crippen LogP contribution in [0.3, 0.4) is 0 Å². The summed E-state index contributed by atoms with van der Waals surface area (Å²) >= 11 is 5.87. The lowest BCUT2D eigenvalue weighted by Crippen LogP contribution is -2.00. The van der Waals surface area contributed by atoms with Crippen LogP contribution in [-0.2, 0) is 0 Å². The van der Waals surface area contributed by atoms with Crippen LogP contribution < -0.4 is 0 Å². The molecule has 2 heterocycles. The fourth-order valence-electron chi connectivity index (χ4n) is 1.09. The van der Waals surface area contributed by atoms with Crippen molar-refractivity contribution in [3.05, 3.63) is 17.7 Å². The van der Waals surface area contributed by atoms with E-state index in [9.17, 15) is 0 Å². The largest absolute Gasteiger partial charge is 0.267 e. The van der Waals surface area contributed by atoms with Gasteiger partial charge in [0, 0.05) is 12.2 Å². The average Bonchev–Trinajstić information content (AvgIpc) is 2.49. The zero-order valence-electron chi connectivity index (χ0n) is 7.40. The van der Waals surface area contributed by atoms with Gasteiger partial charge in [0.2, 0.25) is 0 Å². The Balaban J connectivity index is 2.68. The highest BCUT2D eigenvalue weighted by molar-refractivity contribution is 6.33. The predicted molar refractivity (Wildman–Crippen MR) is 50.7 cm³/mol. The molecule has 68 valence electrons. The third-order valence-corrected chi connectivity index (χ3v) is 2.12. The van der Waals surface area contributed by atoms with E-state index >= 15 is 0 Å². The third-order valence-electron chi connectivity index (χ3n) is 1.81. The first-order valence-corrected chi connectivity index (χ1v) is 4.41. The van der Waals surface area contributed by atoms with Gasteiger partial charge in [0.15, 0.2) is 5.65 Å². The Bertz CT molecular complexity index is 435. The van der Waals surface area contributed by atoms with E-state index in [1.165, 1.54) is 6.33 Å². The summed E-state index contributed by atoms with van der Waals surface area (Å²) in [4.78, 5) is 7.90. The van der Waals surface area contributed by atoms with E-state index in [1.807, 2.05) is 24.7 Å². The molecular formula is C8H9ClN4. The molecule has 0 spiro atoms. The number of nitrogens with zero attached hydrogens (tertiary/aromatic N) is 4. The monoisotopic (exact) mass is 196 g/mol. The van der Waals surface area contributed by atoms with Gasteiger partial charge in [-0.15, -0.1) is 0 Å². The average molecular weight is 197 g/mol. The van der Waals surface area contributed by atoms with Crippen LogP contribution in [0.4, 0.5) is 0 Å². The minimum Gasteiger partial charge on any atom is -0.267 e. The van der Waals surface area contributed by atoms with Gasteiger partial charge in [0.25, 0.3) is 0 Å². The summed E-state index contributed by atoms with van der Waals surface area (Å²) in [6, 6.07) is 0.310. The molecular weight excluding hydrogens is 188 g/mol. The number of halogens is 1. The van der Waals surface area contributed by atoms with Crippen molar-refractivity contribution in [1.29, 1.82) is 0 Å². The normalized spacial score (nSPS) is 11.4. The highest BCUT2D eigenvalue weighted by atomic mass is 35.5. The van der Waals surface area contributed by atoms with E-state index < -0.39 is 0 Å². The van der Waals surface area contributed by atoms with E-state index in [4.69, 9.17) is 11.6 Å². The molecule has 0 saturated heterocycles. The third kappa shape index (κ3) is 1.37. The van der Waals surface area contributed by atoms with Crippen molar-refractivity contribution in [2.24, 2.45) is 0 Å². The van der Waals surface area contributed by atoms with Gasteiger partial charge in [-0.25, -0.2) is 9.97 Å². The maximum atomic E-state index is 5.87. The molecule has 0 aromatic carbocycles. The minimum absolute atomic E-state index is 0.310. The lowest BCUT2D eigenvalue weighted by atomic mass is 10.4. The molecule has 0 fully saturated rings. The Morgan fingerprint density at radius 3 is 2.77 bits per heavy atom. The zero-order chi connectivity index (χ0) is 9.42. The first-order valence-electron chi connectivity index (χ1n) is 4.04. The zero-order valence-corrected chi connectivity index (χ0v) is 8.15. The molecule has 2 aromatic heterocycles. The quantitative estimate of drug-likeness (QED) is 0.656. The molecule has 5 heteroatoms. The Morgan fingerprint density at radius 1 is 1.38 bits per heavy atom. The number of hydrogen-bond acceptors (Lipinski definition) is 3. The van der Waals surface area contributed by atoms with Crippen molar-refractivity contribution in [2.75, 3.05) is 0 Å². The maximum absolute atomic E-state index is 5.87. The van der Waals surface area contributed by atoms with E-state index in [0.29, 0.717) is 16.8 Å². The minimum atomic E-state index is 0.310. The van der Waals surface area contributed by atoms with Crippen LogP contribution in [0.15, 0.2) is 12.5 Å². The Morgan fingerprint density at radius 2 is 2.15 bits per heavy atom. The van der Waals surface area contributed by atoms with Crippen LogP contribution in [0.25, 0.3) is 11.0 Å². The molecule has 4 nitrogen and oxygen atoms in total. The van der Waals surface area contributed by atoms with Crippen LogP contribution in [0.5, 0.6) is 0 Å². The fourth-order valence-corrected chi connectivity index (χ4v) is 1.27. The SMILES string of the molecule is CC(C)n1cc2c(Cl)ncnc2n1. The molecule has 0 aliphatic heterocycles. The van der Waals surface area contributed by atoms with Gasteiger partial charge in [0.05, 0.1) is 5.39 Å². The van der Waals surface area contributed by atoms with Gasteiger partial charge in [-0.05, 0) is 13.8 Å². The van der Waals surface area contributed by atoms with Crippen LogP contribution in [0, 0.1) is 0 Å². The molecule has 0 radical (unpaired) electrons. The maximum Gasteiger partial charge on any atom is 0.185 e. The first kappa shape index (κ1) is 8.44. The molecule has 0 unspecified atom stereocenters. The summed E-state index contributed by atoms with van der Waals surface area (Å²) in [7, 11) is 0. The summed E-state index contributed by atoms with van der Waals surface area (Å²) in [6.45, 7) is 4.10. The molecule has 0 aliphatic rings. The van der Waals surface area contributed by atoms with Crippen molar-refractivity contribution in [2.45, 2.75) is 19.9 Å². The lowest BCUT2D eigenvalue weighted by molar-refractivity contribution is 0.536. The van der Waals surface area contributed by atoms with Crippen molar-refractivity contribution in [3.63, 3.8) is 0 Å². The summed E-state index contributed by atoms with van der Waals surface area (Å²) in [6.07, 6.45) is 3.28. The van der Waals surface area contributed by atoms with E-state index in [0.717, 1.165) is 5.39 Å². The topological polar surface area (TPSA) is 43.6 Å². The lowest BCUT2D eigenvalue weighted by Gasteiger charge is -2.01. The van der Waals surface area contributed by atoms with E-state index in [-0.39, 0.29) is 0 Å². The van der Waals surface area contributed by atoms with Gasteiger partial charge >= 0.3 is 0 Å². The van der Waals surface area contributed by atoms with Gasteiger partial charge in [-0.2, -0.15) is 5.10 Å². The predicted octanol–water partition coefficient (Wildman–Crippen LogP) is 2.06. The van der Waals surface area contributed by atoms with Gasteiger partial charge in [-0.1, -0.05) is 11.6 Å². The summed E-state index contributed by atoms with van der Waals surface area (Å²) < 4.78 is 1.82. The second-order valence-corrected chi connectivity index (χ2v) is 3.46.